The first-order valence-corrected chi connectivity index (χ1v) is 7.82. The minimum absolute atomic E-state index is 1.01. The Morgan fingerprint density at radius 2 is 2.36 bits per heavy atom. The lowest BCUT2D eigenvalue weighted by atomic mass is 10.3. The summed E-state index contributed by atoms with van der Waals surface area (Å²) in [5, 5.41) is 5.58. The van der Waals surface area contributed by atoms with Gasteiger partial charge in [0.2, 0.25) is 0 Å². The molecule has 0 aliphatic rings. The van der Waals surface area contributed by atoms with Gasteiger partial charge in [0.1, 0.15) is 0 Å². The molecule has 14 heavy (non-hydrogen) atoms. The lowest BCUT2D eigenvalue weighted by Crippen LogP contribution is -2.13. The average Bonchev–Trinajstić information content (AvgIpc) is 2.58. The fourth-order valence-electron chi connectivity index (χ4n) is 1.15. The predicted molar refractivity (Wildman–Crippen MR) is 71.3 cm³/mol. The van der Waals surface area contributed by atoms with Crippen molar-refractivity contribution in [2.24, 2.45) is 0 Å². The Morgan fingerprint density at radius 3 is 3.00 bits per heavy atom. The molecule has 0 saturated carbocycles. The Hall–Kier alpha value is 0.490. The van der Waals surface area contributed by atoms with Gasteiger partial charge in [0, 0.05) is 21.3 Å². The van der Waals surface area contributed by atoms with Crippen molar-refractivity contribution in [3.05, 3.63) is 20.8 Å². The molecular formula is C10H16BrNS2. The fraction of sp³-hybridized carbons (Fsp3) is 0.600. The van der Waals surface area contributed by atoms with Crippen LogP contribution in [0, 0.1) is 0 Å². The zero-order valence-electron chi connectivity index (χ0n) is 8.38. The quantitative estimate of drug-likeness (QED) is 0.769. The second-order valence-corrected chi connectivity index (χ2v) is 6.00. The van der Waals surface area contributed by atoms with Gasteiger partial charge >= 0.3 is 0 Å². The molecule has 1 aromatic rings. The summed E-state index contributed by atoms with van der Waals surface area (Å²) in [4.78, 5) is 1.40. The van der Waals surface area contributed by atoms with E-state index in [1.807, 2.05) is 11.8 Å². The summed E-state index contributed by atoms with van der Waals surface area (Å²) in [5.41, 5.74) is 0. The van der Waals surface area contributed by atoms with E-state index in [0.717, 1.165) is 13.1 Å². The van der Waals surface area contributed by atoms with Gasteiger partial charge in [-0.2, -0.15) is 11.8 Å². The topological polar surface area (TPSA) is 12.0 Å². The van der Waals surface area contributed by atoms with Gasteiger partial charge in [0.05, 0.1) is 0 Å². The molecule has 1 nitrogen and oxygen atoms in total. The van der Waals surface area contributed by atoms with Crippen molar-refractivity contribution in [2.75, 3.05) is 18.6 Å². The molecular weight excluding hydrogens is 278 g/mol. The number of rotatable bonds is 7. The maximum absolute atomic E-state index is 3.46. The van der Waals surface area contributed by atoms with Crippen molar-refractivity contribution in [2.45, 2.75) is 19.4 Å². The van der Waals surface area contributed by atoms with E-state index in [-0.39, 0.29) is 0 Å². The maximum Gasteiger partial charge on any atom is 0.0300 e. The molecule has 0 unspecified atom stereocenters. The summed E-state index contributed by atoms with van der Waals surface area (Å²) in [6.07, 6.45) is 4.77. The Labute approximate surface area is 103 Å². The van der Waals surface area contributed by atoms with Gasteiger partial charge in [-0.1, -0.05) is 0 Å². The van der Waals surface area contributed by atoms with Crippen LogP contribution in [0.15, 0.2) is 15.9 Å². The molecule has 1 rings (SSSR count). The van der Waals surface area contributed by atoms with Gasteiger partial charge in [-0.05, 0) is 53.4 Å². The second-order valence-electron chi connectivity index (χ2n) is 3.11. The molecule has 0 fully saturated rings. The van der Waals surface area contributed by atoms with Crippen LogP contribution >= 0.6 is 39.0 Å². The van der Waals surface area contributed by atoms with Crippen LogP contribution in [-0.4, -0.2) is 18.6 Å². The second kappa shape index (κ2) is 7.74. The van der Waals surface area contributed by atoms with Crippen molar-refractivity contribution in [1.82, 2.24) is 5.32 Å². The number of hydrogen-bond acceptors (Lipinski definition) is 3. The molecule has 0 radical (unpaired) electrons. The number of hydrogen-bond donors (Lipinski definition) is 1. The molecule has 0 amide bonds. The lowest BCUT2D eigenvalue weighted by Gasteiger charge is -2.01. The van der Waals surface area contributed by atoms with Gasteiger partial charge in [-0.25, -0.2) is 0 Å². The molecule has 0 saturated heterocycles. The van der Waals surface area contributed by atoms with Gasteiger partial charge in [0.25, 0.3) is 0 Å². The fourth-order valence-corrected chi connectivity index (χ4v) is 3.07. The molecule has 0 aromatic carbocycles. The standard InChI is InChI=1S/C10H16BrNS2/c1-13-5-3-2-4-12-7-10-6-9(11)8-14-10/h6,8,12H,2-5,7H2,1H3. The number of nitrogens with one attached hydrogen (secondary N) is 1. The maximum atomic E-state index is 3.46. The van der Waals surface area contributed by atoms with Gasteiger partial charge in [-0.3, -0.25) is 0 Å². The SMILES string of the molecule is CSCCCCNCc1cc(Br)cs1. The number of thioether (sulfide) groups is 1. The van der Waals surface area contributed by atoms with Crippen LogP contribution in [0.25, 0.3) is 0 Å². The van der Waals surface area contributed by atoms with E-state index in [1.54, 1.807) is 11.3 Å². The van der Waals surface area contributed by atoms with E-state index in [4.69, 9.17) is 0 Å². The summed E-state index contributed by atoms with van der Waals surface area (Å²) in [6.45, 7) is 2.14. The zero-order chi connectivity index (χ0) is 10.2. The lowest BCUT2D eigenvalue weighted by molar-refractivity contribution is 0.648. The molecule has 80 valence electrons. The van der Waals surface area contributed by atoms with Crippen molar-refractivity contribution < 1.29 is 0 Å². The Bertz CT molecular complexity index is 250. The van der Waals surface area contributed by atoms with Crippen LogP contribution in [0.4, 0.5) is 0 Å². The Morgan fingerprint density at radius 1 is 1.50 bits per heavy atom. The van der Waals surface area contributed by atoms with Crippen molar-refractivity contribution in [3.63, 3.8) is 0 Å². The smallest absolute Gasteiger partial charge is 0.0300 e. The third-order valence-electron chi connectivity index (χ3n) is 1.87. The summed E-state index contributed by atoms with van der Waals surface area (Å²) < 4.78 is 1.20. The highest BCUT2D eigenvalue weighted by Gasteiger charge is 1.96. The third-order valence-corrected chi connectivity index (χ3v) is 4.27. The van der Waals surface area contributed by atoms with Gasteiger partial charge < -0.3 is 5.32 Å². The predicted octanol–water partition coefficient (Wildman–Crippen LogP) is 3.74. The van der Waals surface area contributed by atoms with Crippen LogP contribution in [0.5, 0.6) is 0 Å². The van der Waals surface area contributed by atoms with E-state index in [1.165, 1.54) is 27.9 Å². The normalized spacial score (nSPS) is 10.7. The number of thiophene rings is 1. The number of halogens is 1. The molecule has 0 atom stereocenters. The van der Waals surface area contributed by atoms with Crippen LogP contribution < -0.4 is 5.32 Å². The molecule has 4 heteroatoms. The molecule has 0 aliphatic heterocycles. The highest BCUT2D eigenvalue weighted by atomic mass is 79.9. The molecule has 0 bridgehead atoms. The first-order valence-electron chi connectivity index (χ1n) is 4.75. The van der Waals surface area contributed by atoms with E-state index >= 15 is 0 Å². The van der Waals surface area contributed by atoms with Crippen molar-refractivity contribution in [3.8, 4) is 0 Å². The summed E-state index contributed by atoms with van der Waals surface area (Å²) >= 11 is 7.19. The largest absolute Gasteiger partial charge is 0.312 e. The summed E-state index contributed by atoms with van der Waals surface area (Å²) in [5.74, 6) is 1.28. The molecule has 1 heterocycles. The average molecular weight is 294 g/mol. The highest BCUT2D eigenvalue weighted by Crippen LogP contribution is 2.19. The van der Waals surface area contributed by atoms with E-state index < -0.39 is 0 Å². The van der Waals surface area contributed by atoms with E-state index in [2.05, 4.69) is 38.9 Å². The minimum atomic E-state index is 1.01. The van der Waals surface area contributed by atoms with Crippen LogP contribution in [0.2, 0.25) is 0 Å². The molecule has 0 aliphatic carbocycles. The minimum Gasteiger partial charge on any atom is -0.312 e. The van der Waals surface area contributed by atoms with Crippen molar-refractivity contribution >= 4 is 39.0 Å². The molecule has 0 spiro atoms. The summed E-state index contributed by atoms with van der Waals surface area (Å²) in [6, 6.07) is 2.18. The van der Waals surface area contributed by atoms with Crippen LogP contribution in [-0.2, 0) is 6.54 Å². The van der Waals surface area contributed by atoms with E-state index in [9.17, 15) is 0 Å². The first kappa shape index (κ1) is 12.6. The molecule has 1 N–H and O–H groups in total. The molecule has 1 aromatic heterocycles. The van der Waals surface area contributed by atoms with E-state index in [0.29, 0.717) is 0 Å². The zero-order valence-corrected chi connectivity index (χ0v) is 11.6. The Kier molecular flexibility index (Phi) is 6.94. The monoisotopic (exact) mass is 293 g/mol. The Balaban J connectivity index is 1.99. The summed E-state index contributed by atoms with van der Waals surface area (Å²) in [7, 11) is 0. The van der Waals surface area contributed by atoms with Crippen LogP contribution in [0.3, 0.4) is 0 Å². The van der Waals surface area contributed by atoms with Gasteiger partial charge in [-0.15, -0.1) is 11.3 Å². The van der Waals surface area contributed by atoms with Crippen LogP contribution in [0.1, 0.15) is 17.7 Å². The van der Waals surface area contributed by atoms with Gasteiger partial charge in [0.15, 0.2) is 0 Å². The third kappa shape index (κ3) is 5.39. The van der Waals surface area contributed by atoms with Crippen molar-refractivity contribution in [1.29, 1.82) is 0 Å². The first-order chi connectivity index (χ1) is 6.83. The number of unbranched alkanes of at least 4 members (excludes halogenated alkanes) is 1. The highest BCUT2D eigenvalue weighted by molar-refractivity contribution is 9.10.